The Kier molecular flexibility index (Phi) is 5.88. The topological polar surface area (TPSA) is 84.1 Å². The molecular formula is C30H31N5O2. The summed E-state index contributed by atoms with van der Waals surface area (Å²) in [4.78, 5) is 29.1. The van der Waals surface area contributed by atoms with Crippen LogP contribution in [0.25, 0.3) is 22.2 Å². The van der Waals surface area contributed by atoms with E-state index >= 15 is 0 Å². The van der Waals surface area contributed by atoms with E-state index in [2.05, 4.69) is 32.4 Å². The number of rotatable bonds is 3. The number of amides is 1. The predicted molar refractivity (Wildman–Crippen MR) is 144 cm³/mol. The van der Waals surface area contributed by atoms with Crippen LogP contribution in [0.2, 0.25) is 0 Å². The van der Waals surface area contributed by atoms with Gasteiger partial charge in [0.15, 0.2) is 0 Å². The molecule has 7 nitrogen and oxygen atoms in total. The highest BCUT2D eigenvalue weighted by Crippen LogP contribution is 2.48. The lowest BCUT2D eigenvalue weighted by Crippen LogP contribution is -2.30. The zero-order valence-corrected chi connectivity index (χ0v) is 20.8. The smallest absolute Gasteiger partial charge is 0.254 e. The summed E-state index contributed by atoms with van der Waals surface area (Å²) in [5.41, 5.74) is 5.53. The van der Waals surface area contributed by atoms with Crippen LogP contribution in [0, 0.1) is 11.8 Å². The highest BCUT2D eigenvalue weighted by Gasteiger charge is 2.44. The molecule has 2 aromatic carbocycles. The van der Waals surface area contributed by atoms with E-state index in [9.17, 15) is 9.90 Å². The van der Waals surface area contributed by atoms with Crippen molar-refractivity contribution in [3.8, 4) is 23.0 Å². The van der Waals surface area contributed by atoms with Crippen LogP contribution in [0.3, 0.4) is 0 Å². The van der Waals surface area contributed by atoms with E-state index in [1.54, 1.807) is 26.2 Å². The van der Waals surface area contributed by atoms with Crippen molar-refractivity contribution < 1.29 is 9.90 Å². The maximum atomic E-state index is 13.4. The molecule has 2 aromatic heterocycles. The molecule has 0 radical (unpaired) electrons. The Morgan fingerprint density at radius 1 is 1.11 bits per heavy atom. The number of fused-ring (bicyclic) bond motifs is 9. The van der Waals surface area contributed by atoms with E-state index in [0.29, 0.717) is 17.8 Å². The molecule has 4 aromatic rings. The van der Waals surface area contributed by atoms with Crippen molar-refractivity contribution in [1.29, 1.82) is 0 Å². The summed E-state index contributed by atoms with van der Waals surface area (Å²) in [6.45, 7) is 5.32. The van der Waals surface area contributed by atoms with Crippen molar-refractivity contribution in [2.75, 3.05) is 7.05 Å². The van der Waals surface area contributed by atoms with Crippen LogP contribution < -0.4 is 0 Å². The molecule has 2 aliphatic rings. The van der Waals surface area contributed by atoms with Crippen LogP contribution in [-0.2, 0) is 6.42 Å². The van der Waals surface area contributed by atoms with Crippen molar-refractivity contribution in [1.82, 2.24) is 24.4 Å². The largest absolute Gasteiger partial charge is 0.390 e. The number of carbonyl (C=O) groups excluding carboxylic acids is 1. The standard InChI is InChI=1S/C29H27N5O2.CH4/c1-5-7-17-8-6-9-20-26(17)23-13-24(33(4)28(20)35)27-32-21-11-10-18(12-22(21)34(23)27)19-15-30-25(31-16-19)14-29(2,3)36;/h6,8-12,15-16,23-24,36H,13-14H2,1-4H3;1H4. The molecule has 4 heterocycles. The molecule has 2 unspecified atom stereocenters. The molecule has 0 aliphatic carbocycles. The lowest BCUT2D eigenvalue weighted by Gasteiger charge is -2.24. The molecular weight excluding hydrogens is 462 g/mol. The minimum Gasteiger partial charge on any atom is -0.390 e. The van der Waals surface area contributed by atoms with Crippen LogP contribution in [0.5, 0.6) is 0 Å². The molecule has 188 valence electrons. The molecule has 0 saturated heterocycles. The second kappa shape index (κ2) is 8.82. The highest BCUT2D eigenvalue weighted by atomic mass is 16.3. The third-order valence-corrected chi connectivity index (χ3v) is 7.12. The molecule has 1 amide bonds. The lowest BCUT2D eigenvalue weighted by atomic mass is 9.93. The number of aliphatic hydroxyl groups is 1. The number of imidazole rings is 1. The summed E-state index contributed by atoms with van der Waals surface area (Å²) in [6, 6.07) is 11.9. The Morgan fingerprint density at radius 3 is 2.57 bits per heavy atom. The third-order valence-electron chi connectivity index (χ3n) is 7.12. The van der Waals surface area contributed by atoms with E-state index in [-0.39, 0.29) is 25.4 Å². The van der Waals surface area contributed by atoms with Gasteiger partial charge in [-0.3, -0.25) is 4.79 Å². The van der Waals surface area contributed by atoms with Crippen molar-refractivity contribution in [2.24, 2.45) is 0 Å². The molecule has 1 N–H and O–H groups in total. The molecule has 0 saturated carbocycles. The quantitative estimate of drug-likeness (QED) is 0.409. The van der Waals surface area contributed by atoms with Crippen molar-refractivity contribution in [3.05, 3.63) is 77.1 Å². The molecule has 6 rings (SSSR count). The van der Waals surface area contributed by atoms with Crippen molar-refractivity contribution in [2.45, 2.75) is 58.7 Å². The minimum atomic E-state index is -0.860. The Balaban J connectivity index is 0.00000280. The average Bonchev–Trinajstić information content (AvgIpc) is 3.36. The molecule has 7 heteroatoms. The molecule has 2 aliphatic heterocycles. The van der Waals surface area contributed by atoms with Gasteiger partial charge in [-0.15, -0.1) is 5.92 Å². The maximum absolute atomic E-state index is 13.4. The number of hydrogen-bond acceptors (Lipinski definition) is 5. The van der Waals surface area contributed by atoms with E-state index in [0.717, 1.165) is 45.5 Å². The first-order valence-corrected chi connectivity index (χ1v) is 12.1. The highest BCUT2D eigenvalue weighted by molar-refractivity contribution is 5.98. The number of aromatic nitrogens is 4. The molecule has 2 bridgehead atoms. The van der Waals surface area contributed by atoms with Gasteiger partial charge in [-0.25, -0.2) is 15.0 Å². The van der Waals surface area contributed by atoms with Gasteiger partial charge >= 0.3 is 0 Å². The fraction of sp³-hybridized carbons (Fsp3) is 0.333. The summed E-state index contributed by atoms with van der Waals surface area (Å²) in [6.07, 6.45) is 4.77. The maximum Gasteiger partial charge on any atom is 0.254 e. The van der Waals surface area contributed by atoms with Crippen LogP contribution >= 0.6 is 0 Å². The van der Waals surface area contributed by atoms with Crippen LogP contribution in [0.1, 0.15) is 79.8 Å². The lowest BCUT2D eigenvalue weighted by molar-refractivity contribution is 0.0733. The van der Waals surface area contributed by atoms with E-state index in [4.69, 9.17) is 4.98 Å². The van der Waals surface area contributed by atoms with Gasteiger partial charge in [0.1, 0.15) is 11.6 Å². The Morgan fingerprint density at radius 2 is 1.86 bits per heavy atom. The van der Waals surface area contributed by atoms with Gasteiger partial charge in [-0.1, -0.05) is 25.5 Å². The second-order valence-corrected chi connectivity index (χ2v) is 10.2. The van der Waals surface area contributed by atoms with Crippen molar-refractivity contribution >= 4 is 16.9 Å². The van der Waals surface area contributed by atoms with Gasteiger partial charge in [0.05, 0.1) is 28.7 Å². The van der Waals surface area contributed by atoms with Gasteiger partial charge in [0, 0.05) is 54.5 Å². The monoisotopic (exact) mass is 493 g/mol. The number of nitrogens with zero attached hydrogens (tertiary/aromatic N) is 5. The Bertz CT molecular complexity index is 1580. The second-order valence-electron chi connectivity index (χ2n) is 10.2. The number of benzene rings is 2. The summed E-state index contributed by atoms with van der Waals surface area (Å²) in [5.74, 6) is 7.76. The third kappa shape index (κ3) is 3.98. The molecule has 37 heavy (non-hydrogen) atoms. The predicted octanol–water partition coefficient (Wildman–Crippen LogP) is 4.93. The fourth-order valence-corrected chi connectivity index (χ4v) is 5.52. The van der Waals surface area contributed by atoms with Gasteiger partial charge in [-0.2, -0.15) is 0 Å². The van der Waals surface area contributed by atoms with E-state index in [1.165, 1.54) is 0 Å². The Hall–Kier alpha value is -4.02. The minimum absolute atomic E-state index is 0. The van der Waals surface area contributed by atoms with Crippen LogP contribution in [0.15, 0.2) is 48.8 Å². The summed E-state index contributed by atoms with van der Waals surface area (Å²) in [7, 11) is 1.87. The normalized spacial score (nSPS) is 18.0. The van der Waals surface area contributed by atoms with E-state index in [1.807, 2.05) is 49.2 Å². The summed E-state index contributed by atoms with van der Waals surface area (Å²) >= 11 is 0. The zero-order valence-electron chi connectivity index (χ0n) is 20.8. The van der Waals surface area contributed by atoms with Gasteiger partial charge in [-0.05, 0) is 50.6 Å². The summed E-state index contributed by atoms with van der Waals surface area (Å²) < 4.78 is 2.29. The molecule has 0 fully saturated rings. The van der Waals surface area contributed by atoms with Crippen LogP contribution in [0.4, 0.5) is 0 Å². The number of carbonyl (C=O) groups is 1. The van der Waals surface area contributed by atoms with Gasteiger partial charge in [0.2, 0.25) is 0 Å². The first kappa shape index (κ1) is 24.7. The van der Waals surface area contributed by atoms with Crippen molar-refractivity contribution in [3.63, 3.8) is 0 Å². The first-order chi connectivity index (χ1) is 17.2. The molecule has 0 spiro atoms. The molecule has 2 atom stereocenters. The van der Waals surface area contributed by atoms with Crippen LogP contribution in [-0.4, -0.2) is 48.1 Å². The summed E-state index contributed by atoms with van der Waals surface area (Å²) in [5, 5.41) is 10.1. The van der Waals surface area contributed by atoms with Gasteiger partial charge < -0.3 is 14.6 Å². The zero-order chi connectivity index (χ0) is 25.2. The van der Waals surface area contributed by atoms with E-state index < -0.39 is 5.60 Å². The fourth-order valence-electron chi connectivity index (χ4n) is 5.52. The first-order valence-electron chi connectivity index (χ1n) is 12.1. The average molecular weight is 494 g/mol. The Labute approximate surface area is 217 Å². The SMILES string of the molecule is C.CC#Cc1cccc2c1C1CC(c3nc4ccc(-c5cnc(CC(C)(C)O)nc5)cc4n31)N(C)C2=O. The van der Waals surface area contributed by atoms with Gasteiger partial charge in [0.25, 0.3) is 5.91 Å². The number of hydrogen-bond donors (Lipinski definition) is 1.